The number of benzene rings is 2. The van der Waals surface area contributed by atoms with E-state index in [1.165, 1.54) is 42.1 Å². The van der Waals surface area contributed by atoms with Crippen molar-refractivity contribution in [2.75, 3.05) is 16.7 Å². The molecule has 0 aliphatic heterocycles. The molecule has 144 valence electrons. The van der Waals surface area contributed by atoms with Crippen LogP contribution in [0.1, 0.15) is 16.8 Å². The molecule has 0 aromatic heterocycles. The van der Waals surface area contributed by atoms with E-state index < -0.39 is 15.9 Å². The standard InChI is InChI=1S/C17H18ClN3O4S2/c1-26-10-9-16(22)19-20-17(23)12-5-4-6-13(11-12)27(24,25)21-15-8-3-2-7-14(15)18/h2-8,11,21H,9-10H2,1H3,(H,19,22)(H,20,23). The highest BCUT2D eigenvalue weighted by molar-refractivity contribution is 7.98. The van der Waals surface area contributed by atoms with Gasteiger partial charge in [-0.05, 0) is 36.6 Å². The SMILES string of the molecule is CSCCC(=O)NNC(=O)c1cccc(S(=O)(=O)Nc2ccccc2Cl)c1. The van der Waals surface area contributed by atoms with Gasteiger partial charge in [0.25, 0.3) is 15.9 Å². The normalized spacial score (nSPS) is 10.9. The molecule has 0 atom stereocenters. The van der Waals surface area contributed by atoms with Crippen LogP contribution in [0.3, 0.4) is 0 Å². The highest BCUT2D eigenvalue weighted by Crippen LogP contribution is 2.24. The zero-order valence-electron chi connectivity index (χ0n) is 14.4. The Labute approximate surface area is 166 Å². The Hall–Kier alpha value is -2.23. The quantitative estimate of drug-likeness (QED) is 0.589. The molecule has 2 aromatic carbocycles. The minimum atomic E-state index is -3.94. The molecule has 0 saturated heterocycles. The molecule has 7 nitrogen and oxygen atoms in total. The van der Waals surface area contributed by atoms with Crippen LogP contribution in [0.2, 0.25) is 5.02 Å². The predicted octanol–water partition coefficient (Wildman–Crippen LogP) is 2.65. The summed E-state index contributed by atoms with van der Waals surface area (Å²) in [6, 6.07) is 11.9. The zero-order chi connectivity index (χ0) is 19.9. The van der Waals surface area contributed by atoms with Crippen LogP contribution >= 0.6 is 23.4 Å². The zero-order valence-corrected chi connectivity index (χ0v) is 16.7. The van der Waals surface area contributed by atoms with E-state index in [2.05, 4.69) is 15.6 Å². The fraction of sp³-hybridized carbons (Fsp3) is 0.176. The van der Waals surface area contributed by atoms with Crippen molar-refractivity contribution in [3.63, 3.8) is 0 Å². The van der Waals surface area contributed by atoms with Gasteiger partial charge in [-0.25, -0.2) is 8.42 Å². The lowest BCUT2D eigenvalue weighted by Crippen LogP contribution is -2.41. The van der Waals surface area contributed by atoms with Gasteiger partial charge in [-0.2, -0.15) is 11.8 Å². The first kappa shape index (κ1) is 21.1. The number of thioether (sulfide) groups is 1. The van der Waals surface area contributed by atoms with Crippen LogP contribution in [0.4, 0.5) is 5.69 Å². The van der Waals surface area contributed by atoms with Gasteiger partial charge in [-0.3, -0.25) is 25.2 Å². The highest BCUT2D eigenvalue weighted by Gasteiger charge is 2.18. The Kier molecular flexibility index (Phi) is 7.52. The van der Waals surface area contributed by atoms with Crippen molar-refractivity contribution in [2.24, 2.45) is 0 Å². The van der Waals surface area contributed by atoms with E-state index >= 15 is 0 Å². The van der Waals surface area contributed by atoms with Crippen molar-refractivity contribution in [1.82, 2.24) is 10.9 Å². The summed E-state index contributed by atoms with van der Waals surface area (Å²) in [6.45, 7) is 0. The van der Waals surface area contributed by atoms with Gasteiger partial charge in [0.2, 0.25) is 5.91 Å². The van der Waals surface area contributed by atoms with Crippen LogP contribution in [-0.2, 0) is 14.8 Å². The molecular formula is C17H18ClN3O4S2. The van der Waals surface area contributed by atoms with Crippen molar-refractivity contribution in [3.05, 3.63) is 59.1 Å². The van der Waals surface area contributed by atoms with E-state index in [9.17, 15) is 18.0 Å². The molecule has 0 bridgehead atoms. The Balaban J connectivity index is 2.10. The van der Waals surface area contributed by atoms with E-state index in [0.717, 1.165) is 0 Å². The molecule has 0 heterocycles. The molecule has 0 aliphatic carbocycles. The summed E-state index contributed by atoms with van der Waals surface area (Å²) in [5.74, 6) is -0.326. The number of halogens is 1. The average molecular weight is 428 g/mol. The summed E-state index contributed by atoms with van der Waals surface area (Å²) in [6.07, 6.45) is 2.13. The molecule has 2 amide bonds. The maximum absolute atomic E-state index is 12.5. The Morgan fingerprint density at radius 2 is 1.81 bits per heavy atom. The van der Waals surface area contributed by atoms with Gasteiger partial charge >= 0.3 is 0 Å². The first-order valence-corrected chi connectivity index (χ1v) is 11.0. The smallest absolute Gasteiger partial charge is 0.269 e. The van der Waals surface area contributed by atoms with Crippen LogP contribution in [0, 0.1) is 0 Å². The molecule has 0 aliphatic rings. The summed E-state index contributed by atoms with van der Waals surface area (Å²) in [5.41, 5.74) is 4.86. The number of nitrogens with one attached hydrogen (secondary N) is 3. The van der Waals surface area contributed by atoms with Gasteiger partial charge in [-0.15, -0.1) is 0 Å². The molecule has 10 heteroatoms. The second-order valence-corrected chi connectivity index (χ2v) is 8.43. The number of para-hydroxylation sites is 1. The third-order valence-corrected chi connectivity index (χ3v) is 5.68. The molecule has 0 saturated carbocycles. The maximum Gasteiger partial charge on any atom is 0.269 e. The minimum absolute atomic E-state index is 0.0854. The van der Waals surface area contributed by atoms with Crippen molar-refractivity contribution in [2.45, 2.75) is 11.3 Å². The second kappa shape index (κ2) is 9.63. The molecule has 2 rings (SSSR count). The van der Waals surface area contributed by atoms with Crippen LogP contribution in [-0.4, -0.2) is 32.2 Å². The van der Waals surface area contributed by atoms with Crippen molar-refractivity contribution >= 4 is 50.9 Å². The number of carbonyl (C=O) groups is 2. The summed E-state index contributed by atoms with van der Waals surface area (Å²) in [4.78, 5) is 23.6. The fourth-order valence-electron chi connectivity index (χ4n) is 2.01. The Morgan fingerprint density at radius 1 is 1.07 bits per heavy atom. The first-order valence-electron chi connectivity index (χ1n) is 7.79. The van der Waals surface area contributed by atoms with Crippen molar-refractivity contribution < 1.29 is 18.0 Å². The molecular weight excluding hydrogens is 410 g/mol. The largest absolute Gasteiger partial charge is 0.278 e. The predicted molar refractivity (Wildman–Crippen MR) is 107 cm³/mol. The first-order chi connectivity index (χ1) is 12.8. The summed E-state index contributed by atoms with van der Waals surface area (Å²) >= 11 is 7.48. The lowest BCUT2D eigenvalue weighted by Gasteiger charge is -2.11. The van der Waals surface area contributed by atoms with Crippen LogP contribution < -0.4 is 15.6 Å². The lowest BCUT2D eigenvalue weighted by atomic mass is 10.2. The van der Waals surface area contributed by atoms with E-state index in [1.807, 2.05) is 6.26 Å². The monoisotopic (exact) mass is 427 g/mol. The summed E-state index contributed by atoms with van der Waals surface area (Å²) < 4.78 is 27.5. The number of carbonyl (C=O) groups excluding carboxylic acids is 2. The van der Waals surface area contributed by atoms with E-state index in [0.29, 0.717) is 5.75 Å². The molecule has 2 aromatic rings. The second-order valence-electron chi connectivity index (χ2n) is 5.36. The average Bonchev–Trinajstić information content (AvgIpc) is 2.66. The van der Waals surface area contributed by atoms with Gasteiger partial charge in [0, 0.05) is 17.7 Å². The lowest BCUT2D eigenvalue weighted by molar-refractivity contribution is -0.121. The van der Waals surface area contributed by atoms with Crippen molar-refractivity contribution in [1.29, 1.82) is 0 Å². The van der Waals surface area contributed by atoms with Gasteiger partial charge in [-0.1, -0.05) is 29.8 Å². The molecule has 0 spiro atoms. The fourth-order valence-corrected chi connectivity index (χ4v) is 3.76. The molecule has 0 unspecified atom stereocenters. The number of sulfonamides is 1. The number of anilines is 1. The van der Waals surface area contributed by atoms with Gasteiger partial charge in [0.15, 0.2) is 0 Å². The van der Waals surface area contributed by atoms with E-state index in [-0.39, 0.29) is 33.5 Å². The Morgan fingerprint density at radius 3 is 2.52 bits per heavy atom. The van der Waals surface area contributed by atoms with E-state index in [1.54, 1.807) is 18.2 Å². The van der Waals surface area contributed by atoms with Crippen LogP contribution in [0.15, 0.2) is 53.4 Å². The summed E-state index contributed by atoms with van der Waals surface area (Å²) in [7, 11) is -3.94. The van der Waals surface area contributed by atoms with Crippen molar-refractivity contribution in [3.8, 4) is 0 Å². The van der Waals surface area contributed by atoms with Crippen LogP contribution in [0.5, 0.6) is 0 Å². The molecule has 0 radical (unpaired) electrons. The third kappa shape index (κ3) is 6.16. The number of hydrogen-bond acceptors (Lipinski definition) is 5. The summed E-state index contributed by atoms with van der Waals surface area (Å²) in [5, 5.41) is 0.253. The number of rotatable bonds is 7. The maximum atomic E-state index is 12.5. The van der Waals surface area contributed by atoms with Gasteiger partial charge in [0.05, 0.1) is 15.6 Å². The number of hydrogen-bond donors (Lipinski definition) is 3. The molecule has 3 N–H and O–H groups in total. The number of amides is 2. The minimum Gasteiger partial charge on any atom is -0.278 e. The highest BCUT2D eigenvalue weighted by atomic mass is 35.5. The third-order valence-electron chi connectivity index (χ3n) is 3.37. The Bertz CT molecular complexity index is 935. The van der Waals surface area contributed by atoms with Gasteiger partial charge < -0.3 is 0 Å². The van der Waals surface area contributed by atoms with E-state index in [4.69, 9.17) is 11.6 Å². The molecule has 0 fully saturated rings. The topological polar surface area (TPSA) is 104 Å². The van der Waals surface area contributed by atoms with Gasteiger partial charge in [0.1, 0.15) is 0 Å². The van der Waals surface area contributed by atoms with Crippen LogP contribution in [0.25, 0.3) is 0 Å². The number of hydrazine groups is 1. The molecule has 27 heavy (non-hydrogen) atoms.